The minimum atomic E-state index is -0.627. The second-order valence-electron chi connectivity index (χ2n) is 4.94. The quantitative estimate of drug-likeness (QED) is 0.423. The van der Waals surface area contributed by atoms with Crippen LogP contribution in [-0.4, -0.2) is 29.4 Å². The van der Waals surface area contributed by atoms with E-state index in [1.807, 2.05) is 30.5 Å². The monoisotopic (exact) mass is 317 g/mol. The molecule has 1 aromatic heterocycles. The van der Waals surface area contributed by atoms with E-state index in [-0.39, 0.29) is 18.9 Å². The van der Waals surface area contributed by atoms with Crippen molar-refractivity contribution in [1.29, 1.82) is 0 Å². The Kier molecular flexibility index (Phi) is 5.74. The third-order valence-electron chi connectivity index (χ3n) is 3.25. The first-order valence-corrected chi connectivity index (χ1v) is 7.38. The van der Waals surface area contributed by atoms with E-state index >= 15 is 0 Å². The minimum absolute atomic E-state index is 0.211. The number of fused-ring (bicyclic) bond motifs is 1. The fourth-order valence-corrected chi connectivity index (χ4v) is 2.18. The predicted octanol–water partition coefficient (Wildman–Crippen LogP) is 1.20. The Morgan fingerprint density at radius 1 is 1.13 bits per heavy atom. The zero-order valence-electron chi connectivity index (χ0n) is 12.8. The number of carbonyl (C=O) groups is 3. The molecule has 0 aliphatic carbocycles. The molecular weight excluding hydrogens is 298 g/mol. The highest BCUT2D eigenvalue weighted by Crippen LogP contribution is 2.18. The van der Waals surface area contributed by atoms with Crippen LogP contribution in [0.15, 0.2) is 30.5 Å². The number of benzene rings is 1. The summed E-state index contributed by atoms with van der Waals surface area (Å²) >= 11 is 0. The van der Waals surface area contributed by atoms with Crippen LogP contribution in [0.2, 0.25) is 0 Å². The molecule has 7 heteroatoms. The molecule has 2 amide bonds. The third-order valence-corrected chi connectivity index (χ3v) is 3.25. The molecule has 0 radical (unpaired) electrons. The molecule has 0 saturated heterocycles. The fraction of sp³-hybridized carbons (Fsp3) is 0.312. The number of rotatable bonds is 6. The summed E-state index contributed by atoms with van der Waals surface area (Å²) in [5, 5.41) is 1.08. The second kappa shape index (κ2) is 7.98. The van der Waals surface area contributed by atoms with Crippen LogP contribution in [0, 0.1) is 0 Å². The maximum atomic E-state index is 11.7. The average Bonchev–Trinajstić information content (AvgIpc) is 2.94. The maximum absolute atomic E-state index is 11.7. The molecular formula is C16H19N3O4. The molecule has 2 aromatic rings. The fourth-order valence-electron chi connectivity index (χ4n) is 2.18. The van der Waals surface area contributed by atoms with E-state index in [4.69, 9.17) is 0 Å². The van der Waals surface area contributed by atoms with E-state index in [2.05, 4.69) is 20.6 Å². The molecule has 122 valence electrons. The van der Waals surface area contributed by atoms with E-state index in [1.165, 1.54) is 0 Å². The maximum Gasteiger partial charge on any atom is 0.315 e. The van der Waals surface area contributed by atoms with E-state index in [9.17, 15) is 14.4 Å². The van der Waals surface area contributed by atoms with Gasteiger partial charge in [-0.15, -0.1) is 0 Å². The van der Waals surface area contributed by atoms with Gasteiger partial charge in [-0.1, -0.05) is 18.2 Å². The molecule has 1 heterocycles. The lowest BCUT2D eigenvalue weighted by atomic mass is 10.1. The van der Waals surface area contributed by atoms with Crippen LogP contribution < -0.4 is 10.9 Å². The van der Waals surface area contributed by atoms with E-state index in [0.29, 0.717) is 6.42 Å². The van der Waals surface area contributed by atoms with Crippen molar-refractivity contribution in [3.8, 4) is 0 Å². The Labute approximate surface area is 133 Å². The lowest BCUT2D eigenvalue weighted by molar-refractivity contribution is -0.146. The molecule has 0 bridgehead atoms. The van der Waals surface area contributed by atoms with Gasteiger partial charge in [0.1, 0.15) is 6.42 Å². The lowest BCUT2D eigenvalue weighted by Crippen LogP contribution is -2.42. The topological polar surface area (TPSA) is 100 Å². The van der Waals surface area contributed by atoms with Gasteiger partial charge in [-0.25, -0.2) is 0 Å². The number of hydrazine groups is 1. The first-order valence-electron chi connectivity index (χ1n) is 7.38. The summed E-state index contributed by atoms with van der Waals surface area (Å²) in [4.78, 5) is 37.4. The summed E-state index contributed by atoms with van der Waals surface area (Å²) < 4.78 is 4.64. The van der Waals surface area contributed by atoms with Gasteiger partial charge in [-0.3, -0.25) is 25.2 Å². The molecule has 2 rings (SSSR count). The highest BCUT2D eigenvalue weighted by Gasteiger charge is 2.11. The smallest absolute Gasteiger partial charge is 0.315 e. The van der Waals surface area contributed by atoms with Crippen molar-refractivity contribution in [2.75, 3.05) is 6.61 Å². The Morgan fingerprint density at radius 3 is 2.65 bits per heavy atom. The number of hydrogen-bond donors (Lipinski definition) is 3. The number of nitrogens with one attached hydrogen (secondary N) is 3. The molecule has 0 unspecified atom stereocenters. The van der Waals surface area contributed by atoms with Crippen molar-refractivity contribution < 1.29 is 19.1 Å². The first kappa shape index (κ1) is 16.5. The van der Waals surface area contributed by atoms with E-state index in [0.717, 1.165) is 16.5 Å². The Morgan fingerprint density at radius 2 is 1.87 bits per heavy atom. The zero-order valence-corrected chi connectivity index (χ0v) is 12.8. The normalized spacial score (nSPS) is 10.3. The second-order valence-corrected chi connectivity index (χ2v) is 4.94. The van der Waals surface area contributed by atoms with Gasteiger partial charge in [0.2, 0.25) is 11.8 Å². The van der Waals surface area contributed by atoms with Gasteiger partial charge in [-0.05, 0) is 25.0 Å². The number of amides is 2. The van der Waals surface area contributed by atoms with E-state index in [1.54, 1.807) is 6.92 Å². The van der Waals surface area contributed by atoms with Gasteiger partial charge in [-0.2, -0.15) is 0 Å². The molecule has 3 N–H and O–H groups in total. The van der Waals surface area contributed by atoms with Crippen LogP contribution in [0.4, 0.5) is 0 Å². The Bertz CT molecular complexity index is 708. The molecule has 23 heavy (non-hydrogen) atoms. The van der Waals surface area contributed by atoms with Crippen molar-refractivity contribution >= 4 is 28.7 Å². The van der Waals surface area contributed by atoms with Gasteiger partial charge in [0, 0.05) is 23.5 Å². The highest BCUT2D eigenvalue weighted by atomic mass is 16.5. The summed E-state index contributed by atoms with van der Waals surface area (Å²) in [6.45, 7) is 1.87. The third kappa shape index (κ3) is 4.84. The lowest BCUT2D eigenvalue weighted by Gasteiger charge is -2.07. The van der Waals surface area contributed by atoms with Crippen LogP contribution in [0.25, 0.3) is 10.9 Å². The number of ether oxygens (including phenoxy) is 1. The number of aromatic amines is 1. The van der Waals surface area contributed by atoms with Crippen molar-refractivity contribution in [1.82, 2.24) is 15.8 Å². The first-order chi connectivity index (χ1) is 11.1. The Hall–Kier alpha value is -2.83. The van der Waals surface area contributed by atoms with Crippen LogP contribution in [-0.2, 0) is 25.5 Å². The van der Waals surface area contributed by atoms with Gasteiger partial charge in [0.25, 0.3) is 0 Å². The summed E-state index contributed by atoms with van der Waals surface area (Å²) in [5.41, 5.74) is 6.53. The number of esters is 1. The molecule has 1 aromatic carbocycles. The van der Waals surface area contributed by atoms with Gasteiger partial charge >= 0.3 is 5.97 Å². The zero-order chi connectivity index (χ0) is 16.7. The molecule has 0 spiro atoms. The van der Waals surface area contributed by atoms with Crippen LogP contribution >= 0.6 is 0 Å². The number of H-pyrrole nitrogens is 1. The number of hydrogen-bond acceptors (Lipinski definition) is 4. The van der Waals surface area contributed by atoms with Gasteiger partial charge < -0.3 is 9.72 Å². The molecule has 0 atom stereocenters. The largest absolute Gasteiger partial charge is 0.466 e. The van der Waals surface area contributed by atoms with Gasteiger partial charge in [0.05, 0.1) is 6.61 Å². The summed E-state index contributed by atoms with van der Waals surface area (Å²) in [6.07, 6.45) is 2.22. The van der Waals surface area contributed by atoms with Crippen LogP contribution in [0.5, 0.6) is 0 Å². The molecule has 0 aliphatic heterocycles. The average molecular weight is 317 g/mol. The van der Waals surface area contributed by atoms with Crippen LogP contribution in [0.3, 0.4) is 0 Å². The number of aryl methyl sites for hydroxylation is 1. The van der Waals surface area contributed by atoms with Crippen LogP contribution in [0.1, 0.15) is 25.3 Å². The molecule has 0 saturated carbocycles. The number of aromatic nitrogens is 1. The predicted molar refractivity (Wildman–Crippen MR) is 84.2 cm³/mol. The minimum Gasteiger partial charge on any atom is -0.466 e. The highest BCUT2D eigenvalue weighted by molar-refractivity contribution is 5.95. The van der Waals surface area contributed by atoms with Crippen molar-refractivity contribution in [3.05, 3.63) is 36.0 Å². The SMILES string of the molecule is CCOC(=O)CC(=O)NNC(=O)CCc1c[nH]c2ccccc12. The molecule has 7 nitrogen and oxygen atoms in total. The standard InChI is InChI=1S/C16H19N3O4/c1-2-23-16(22)9-15(21)19-18-14(20)8-7-11-10-17-13-6-4-3-5-12(11)13/h3-6,10,17H,2,7-9H2,1H3,(H,18,20)(H,19,21). The van der Waals surface area contributed by atoms with Crippen molar-refractivity contribution in [3.63, 3.8) is 0 Å². The summed E-state index contributed by atoms with van der Waals surface area (Å²) in [5.74, 6) is -1.56. The number of para-hydroxylation sites is 1. The molecule has 0 aliphatic rings. The Balaban J connectivity index is 1.75. The van der Waals surface area contributed by atoms with E-state index < -0.39 is 18.3 Å². The van der Waals surface area contributed by atoms with Crippen molar-refractivity contribution in [2.45, 2.75) is 26.2 Å². The summed E-state index contributed by atoms with van der Waals surface area (Å²) in [7, 11) is 0. The molecule has 0 fully saturated rings. The number of carbonyl (C=O) groups excluding carboxylic acids is 3. The van der Waals surface area contributed by atoms with Gasteiger partial charge in [0.15, 0.2) is 0 Å². The summed E-state index contributed by atoms with van der Waals surface area (Å²) in [6, 6.07) is 7.83. The van der Waals surface area contributed by atoms with Crippen molar-refractivity contribution in [2.24, 2.45) is 0 Å².